The van der Waals surface area contributed by atoms with Gasteiger partial charge in [0.2, 0.25) is 11.8 Å². The van der Waals surface area contributed by atoms with Crippen molar-refractivity contribution in [2.24, 2.45) is 22.7 Å². The highest BCUT2D eigenvalue weighted by Crippen LogP contribution is 2.65. The fraction of sp³-hybridized carbons (Fsp3) is 0.571. The lowest BCUT2D eigenvalue weighted by Crippen LogP contribution is -2.61. The van der Waals surface area contributed by atoms with Gasteiger partial charge >= 0.3 is 11.3 Å². The average Bonchev–Trinajstić information content (AvgIpc) is 3.21. The Morgan fingerprint density at radius 1 is 1.23 bits per heavy atom. The van der Waals surface area contributed by atoms with Crippen LogP contribution >= 0.6 is 11.6 Å². The van der Waals surface area contributed by atoms with E-state index < -0.39 is 52.6 Å². The number of hydrogen-bond donors (Lipinski definition) is 3. The Kier molecular flexibility index (Phi) is 7.50. The molecule has 214 valence electrons. The number of nitriles is 1. The van der Waals surface area contributed by atoms with E-state index in [0.717, 1.165) is 11.3 Å². The Balaban J connectivity index is 1.56. The van der Waals surface area contributed by atoms with E-state index in [2.05, 4.69) is 22.0 Å². The molecule has 0 radical (unpaired) electrons. The number of nitrogens with one attached hydrogen (secondary N) is 3. The van der Waals surface area contributed by atoms with Gasteiger partial charge in [0.05, 0.1) is 6.07 Å². The summed E-state index contributed by atoms with van der Waals surface area (Å²) < 4.78 is 27.0. The number of anilines is 1. The predicted molar refractivity (Wildman–Crippen MR) is 143 cm³/mol. The van der Waals surface area contributed by atoms with Crippen molar-refractivity contribution in [2.45, 2.75) is 70.5 Å². The van der Waals surface area contributed by atoms with Gasteiger partial charge in [0.1, 0.15) is 29.8 Å². The second kappa shape index (κ2) is 10.2. The highest BCUT2D eigenvalue weighted by Gasteiger charge is 2.70. The van der Waals surface area contributed by atoms with Crippen molar-refractivity contribution in [1.29, 1.82) is 5.26 Å². The lowest BCUT2D eigenvalue weighted by Gasteiger charge is -2.38. The lowest BCUT2D eigenvalue weighted by molar-refractivity contribution is -0.148. The van der Waals surface area contributed by atoms with Gasteiger partial charge in [-0.1, -0.05) is 52.8 Å². The van der Waals surface area contributed by atoms with E-state index in [4.69, 9.17) is 11.6 Å². The summed E-state index contributed by atoms with van der Waals surface area (Å²) in [5.41, 5.74) is 0.551. The van der Waals surface area contributed by atoms with Crippen molar-refractivity contribution in [1.82, 2.24) is 15.5 Å². The SMILES string of the molecule is CC(C)(C)[C@H](NC(=O)C(F)(F)Cl)C(=O)N1C[C@H]2[C@@H]([C@H]1C(=O)N[C@H](C#N)CC1C(=C=O)Nc3ccccc31)C2(C)C. The maximum absolute atomic E-state index is 13.7. The first-order chi connectivity index (χ1) is 18.5. The van der Waals surface area contributed by atoms with E-state index in [0.29, 0.717) is 0 Å². The molecule has 12 heteroatoms. The van der Waals surface area contributed by atoms with Crippen LogP contribution in [0.15, 0.2) is 30.0 Å². The molecule has 0 bridgehead atoms. The van der Waals surface area contributed by atoms with Gasteiger partial charge < -0.3 is 20.9 Å². The molecule has 0 spiro atoms. The van der Waals surface area contributed by atoms with E-state index in [-0.39, 0.29) is 35.9 Å². The molecule has 2 aliphatic heterocycles. The fourth-order valence-corrected chi connectivity index (χ4v) is 6.18. The zero-order chi connectivity index (χ0) is 29.8. The summed E-state index contributed by atoms with van der Waals surface area (Å²) >= 11 is 4.89. The Labute approximate surface area is 236 Å². The van der Waals surface area contributed by atoms with Crippen LogP contribution in [-0.2, 0) is 19.2 Å². The predicted octanol–water partition coefficient (Wildman–Crippen LogP) is 3.16. The number of carbonyl (C=O) groups is 3. The first-order valence-electron chi connectivity index (χ1n) is 13.0. The first-order valence-corrected chi connectivity index (χ1v) is 13.4. The van der Waals surface area contributed by atoms with E-state index >= 15 is 0 Å². The normalized spacial score (nSPS) is 25.9. The summed E-state index contributed by atoms with van der Waals surface area (Å²) in [7, 11) is 0. The molecule has 1 aromatic rings. The Bertz CT molecular complexity index is 1320. The number of hydrogen-bond acceptors (Lipinski definition) is 6. The number of benzene rings is 1. The van der Waals surface area contributed by atoms with Crippen LogP contribution in [0.5, 0.6) is 0 Å². The van der Waals surface area contributed by atoms with Gasteiger partial charge in [0, 0.05) is 18.2 Å². The van der Waals surface area contributed by atoms with Crippen molar-refractivity contribution in [2.75, 3.05) is 11.9 Å². The van der Waals surface area contributed by atoms with Gasteiger partial charge in [0.25, 0.3) is 0 Å². The molecule has 1 saturated carbocycles. The molecular weight excluding hydrogens is 544 g/mol. The topological polar surface area (TPSA) is 131 Å². The van der Waals surface area contributed by atoms with Crippen LogP contribution in [0.2, 0.25) is 0 Å². The van der Waals surface area contributed by atoms with E-state index in [1.165, 1.54) is 4.90 Å². The molecule has 1 aromatic carbocycles. The molecule has 4 rings (SSSR count). The molecule has 40 heavy (non-hydrogen) atoms. The third-order valence-electron chi connectivity index (χ3n) is 8.41. The summed E-state index contributed by atoms with van der Waals surface area (Å²) in [6, 6.07) is 5.97. The van der Waals surface area contributed by atoms with Crippen LogP contribution in [0, 0.1) is 34.0 Å². The van der Waals surface area contributed by atoms with Gasteiger partial charge in [-0.2, -0.15) is 14.0 Å². The monoisotopic (exact) mass is 575 g/mol. The third kappa shape index (κ3) is 5.30. The highest BCUT2D eigenvalue weighted by molar-refractivity contribution is 6.32. The molecule has 2 heterocycles. The highest BCUT2D eigenvalue weighted by atomic mass is 35.5. The Morgan fingerprint density at radius 2 is 1.88 bits per heavy atom. The minimum Gasteiger partial charge on any atom is -0.349 e. The molecule has 3 aliphatic rings. The van der Waals surface area contributed by atoms with Crippen LogP contribution in [0.25, 0.3) is 0 Å². The second-order valence-corrected chi connectivity index (χ2v) is 12.8. The number of carbonyl (C=O) groups excluding carboxylic acids is 4. The molecule has 6 atom stereocenters. The van der Waals surface area contributed by atoms with Gasteiger partial charge in [-0.05, 0) is 52.3 Å². The zero-order valence-electron chi connectivity index (χ0n) is 22.8. The number of amides is 3. The lowest BCUT2D eigenvalue weighted by atomic mass is 9.85. The number of fused-ring (bicyclic) bond motifs is 2. The van der Waals surface area contributed by atoms with Crippen LogP contribution < -0.4 is 16.0 Å². The minimum absolute atomic E-state index is 0.0194. The molecule has 3 N–H and O–H groups in total. The number of allylic oxidation sites excluding steroid dienone is 1. The number of likely N-dealkylation sites (tertiary alicyclic amines) is 1. The molecule has 9 nitrogen and oxygen atoms in total. The summed E-state index contributed by atoms with van der Waals surface area (Å²) in [6.45, 7) is 8.97. The molecule has 1 saturated heterocycles. The van der Waals surface area contributed by atoms with Gasteiger partial charge in [-0.15, -0.1) is 0 Å². The van der Waals surface area contributed by atoms with Crippen LogP contribution in [0.1, 0.15) is 52.5 Å². The van der Waals surface area contributed by atoms with E-state index in [1.54, 1.807) is 32.9 Å². The minimum atomic E-state index is -4.21. The third-order valence-corrected chi connectivity index (χ3v) is 8.59. The van der Waals surface area contributed by atoms with E-state index in [9.17, 15) is 33.2 Å². The summed E-state index contributed by atoms with van der Waals surface area (Å²) in [5.74, 6) is -1.89. The Hall–Kier alpha value is -3.48. The average molecular weight is 576 g/mol. The van der Waals surface area contributed by atoms with Crippen molar-refractivity contribution in [3.05, 3.63) is 35.5 Å². The Morgan fingerprint density at radius 3 is 2.45 bits per heavy atom. The van der Waals surface area contributed by atoms with Crippen molar-refractivity contribution < 1.29 is 28.0 Å². The molecule has 0 aromatic heterocycles. The largest absolute Gasteiger partial charge is 0.399 e. The molecule has 2 fully saturated rings. The van der Waals surface area contributed by atoms with Crippen molar-refractivity contribution in [3.8, 4) is 6.07 Å². The maximum atomic E-state index is 13.7. The number of rotatable bonds is 7. The number of para-hydroxylation sites is 1. The summed E-state index contributed by atoms with van der Waals surface area (Å²) in [6.07, 6.45) is 0.0977. The second-order valence-electron chi connectivity index (χ2n) is 12.4. The smallest absolute Gasteiger partial charge is 0.349 e. The quantitative estimate of drug-likeness (QED) is 0.338. The molecular formula is C28H32ClF2N5O4. The van der Waals surface area contributed by atoms with Crippen molar-refractivity contribution >= 4 is 41.0 Å². The number of piperidine rings is 1. The molecule has 1 unspecified atom stereocenters. The number of nitrogens with zero attached hydrogens (tertiary/aromatic N) is 2. The maximum Gasteiger partial charge on any atom is 0.399 e. The van der Waals surface area contributed by atoms with Gasteiger partial charge in [-0.3, -0.25) is 14.4 Å². The van der Waals surface area contributed by atoms with Gasteiger partial charge in [-0.25, -0.2) is 4.79 Å². The standard InChI is InChI=1S/C28H32ClF2N5O4/c1-26(2,3)22(35-25(40)28(29,30)31)24(39)36-12-17-20(27(17,4)5)21(36)23(38)33-14(11-32)10-16-15-8-6-7-9-18(15)34-19(16)13-37/h6-9,14,16-17,20-22,34H,10,12H2,1-5H3,(H,33,38)(H,35,40)/t14-,16?,17-,20-,21-,22+/m0/s1. The summed E-state index contributed by atoms with van der Waals surface area (Å²) in [5, 5.41) is 13.5. The van der Waals surface area contributed by atoms with E-state index in [1.807, 2.05) is 31.9 Å². The summed E-state index contributed by atoms with van der Waals surface area (Å²) in [4.78, 5) is 52.3. The molecule has 3 amide bonds. The van der Waals surface area contributed by atoms with Crippen LogP contribution in [0.4, 0.5) is 14.5 Å². The number of halogens is 3. The molecule has 1 aliphatic carbocycles. The first kappa shape index (κ1) is 29.5. The van der Waals surface area contributed by atoms with Gasteiger partial charge in [0.15, 0.2) is 0 Å². The zero-order valence-corrected chi connectivity index (χ0v) is 23.6. The fourth-order valence-electron chi connectivity index (χ4n) is 6.12. The number of alkyl halides is 3. The van der Waals surface area contributed by atoms with Crippen LogP contribution in [0.3, 0.4) is 0 Å². The van der Waals surface area contributed by atoms with Crippen molar-refractivity contribution in [3.63, 3.8) is 0 Å². The van der Waals surface area contributed by atoms with Crippen LogP contribution in [-0.4, -0.2) is 58.6 Å².